The summed E-state index contributed by atoms with van der Waals surface area (Å²) in [6.45, 7) is -1.08. The predicted molar refractivity (Wildman–Crippen MR) is 131 cm³/mol. The number of rotatable bonds is 12. The maximum absolute atomic E-state index is 11.9. The number of hydrogen-bond acceptors (Lipinski definition) is 17. The quantitative estimate of drug-likeness (QED) is 0.120. The van der Waals surface area contributed by atoms with Crippen molar-refractivity contribution in [3.05, 3.63) is 17.4 Å². The average molecular weight is 617 g/mol. The van der Waals surface area contributed by atoms with Crippen molar-refractivity contribution in [2.24, 2.45) is 0 Å². The first-order chi connectivity index (χ1) is 16.3. The molecule has 0 spiro atoms. The van der Waals surface area contributed by atoms with Crippen LogP contribution in [0.25, 0.3) is 0 Å². The first kappa shape index (κ1) is 30.4. The van der Waals surface area contributed by atoms with Crippen LogP contribution >= 0.6 is 33.3 Å². The van der Waals surface area contributed by atoms with Crippen LogP contribution < -0.4 is 16.4 Å². The topological polar surface area (TPSA) is 308 Å². The van der Waals surface area contributed by atoms with E-state index >= 15 is 0 Å². The molecule has 0 bridgehead atoms. The highest BCUT2D eigenvalue weighted by Crippen LogP contribution is 2.55. The van der Waals surface area contributed by atoms with Crippen molar-refractivity contribution in [3.8, 4) is 0 Å². The summed E-state index contributed by atoms with van der Waals surface area (Å²) in [6, 6.07) is 1.55. The standard InChI is InChI=1S/C13H21ClN6O12S4/c14-11-18-12(16-1-3-33(21,22)4-2-32-36(29,30)31)20-13(19-11)17-8-5-7(15)9(34(23,24)25)6-10(8)35(26,27)28/h5-6,23-28H,1-4,15H2,(H,29,30,31)(H2,16,17,18,19,20). The first-order valence-corrected chi connectivity index (χ1v) is 15.5. The van der Waals surface area contributed by atoms with Gasteiger partial charge in [0.25, 0.3) is 0 Å². The van der Waals surface area contributed by atoms with Crippen LogP contribution in [0.4, 0.5) is 23.3 Å². The summed E-state index contributed by atoms with van der Waals surface area (Å²) in [4.78, 5) is 9.92. The Bertz CT molecular complexity index is 1320. The van der Waals surface area contributed by atoms with E-state index in [-0.39, 0.29) is 24.1 Å². The lowest BCUT2D eigenvalue weighted by molar-refractivity contribution is 0.284. The number of anilines is 4. The zero-order valence-electron chi connectivity index (χ0n) is 17.6. The van der Waals surface area contributed by atoms with Crippen molar-refractivity contribution in [1.29, 1.82) is 0 Å². The molecule has 18 nitrogen and oxygen atoms in total. The fourth-order valence-electron chi connectivity index (χ4n) is 2.43. The summed E-state index contributed by atoms with van der Waals surface area (Å²) in [5, 5.41) is 4.56. The first-order valence-electron chi connectivity index (χ1n) is 8.96. The molecule has 36 heavy (non-hydrogen) atoms. The maximum atomic E-state index is 11.9. The van der Waals surface area contributed by atoms with Gasteiger partial charge in [0, 0.05) is 6.54 Å². The van der Waals surface area contributed by atoms with Crippen molar-refractivity contribution < 1.29 is 52.9 Å². The molecule has 11 N–H and O–H groups in total. The molecule has 0 unspecified atom stereocenters. The van der Waals surface area contributed by atoms with Gasteiger partial charge < -0.3 is 43.7 Å². The SMILES string of the molecule is Nc1cc(Nc2nc(Cl)nc(NCCS(=O)(=O)CCOS(=O)(=O)O)n2)c(S(O)(O)O)cc1S(O)(O)O. The second-order valence-electron chi connectivity index (χ2n) is 6.63. The number of halogens is 1. The van der Waals surface area contributed by atoms with Gasteiger partial charge in [-0.05, 0) is 23.7 Å². The van der Waals surface area contributed by atoms with E-state index in [0.717, 1.165) is 6.07 Å². The third-order valence-electron chi connectivity index (χ3n) is 3.88. The van der Waals surface area contributed by atoms with Crippen molar-refractivity contribution in [2.45, 2.75) is 9.79 Å². The van der Waals surface area contributed by atoms with Gasteiger partial charge in [-0.1, -0.05) is 0 Å². The van der Waals surface area contributed by atoms with Gasteiger partial charge in [0.2, 0.25) is 17.2 Å². The Morgan fingerprint density at radius 2 is 1.44 bits per heavy atom. The van der Waals surface area contributed by atoms with E-state index in [2.05, 4.69) is 29.8 Å². The predicted octanol–water partition coefficient (Wildman–Crippen LogP) is 1.66. The molecule has 1 heterocycles. The van der Waals surface area contributed by atoms with Gasteiger partial charge in [-0.15, -0.1) is 0 Å². The van der Waals surface area contributed by atoms with Crippen LogP contribution in [0.2, 0.25) is 5.28 Å². The minimum atomic E-state index is -4.79. The van der Waals surface area contributed by atoms with Crippen LogP contribution in [0.3, 0.4) is 0 Å². The molecule has 1 aromatic heterocycles. The summed E-state index contributed by atoms with van der Waals surface area (Å²) in [5.41, 5.74) is 4.90. The van der Waals surface area contributed by atoms with E-state index in [9.17, 15) is 44.2 Å². The summed E-state index contributed by atoms with van der Waals surface area (Å²) in [5.74, 6) is -1.87. The normalized spacial score (nSPS) is 13.9. The van der Waals surface area contributed by atoms with Crippen molar-refractivity contribution in [1.82, 2.24) is 15.0 Å². The summed E-state index contributed by atoms with van der Waals surface area (Å²) in [6.07, 6.45) is 0. The van der Waals surface area contributed by atoms with Gasteiger partial charge in [-0.25, -0.2) is 12.6 Å². The minimum Gasteiger partial charge on any atom is -0.398 e. The molecule has 0 aliphatic rings. The molecule has 2 aromatic rings. The van der Waals surface area contributed by atoms with E-state index in [1.54, 1.807) is 0 Å². The van der Waals surface area contributed by atoms with Crippen LogP contribution in [0.5, 0.6) is 0 Å². The number of nitrogens with one attached hydrogen (secondary N) is 2. The Kier molecular flexibility index (Phi) is 9.55. The molecular formula is C13H21ClN6O12S4. The number of sulfone groups is 1. The molecule has 0 atom stereocenters. The monoisotopic (exact) mass is 616 g/mol. The Labute approximate surface area is 212 Å². The number of benzene rings is 1. The molecule has 0 radical (unpaired) electrons. The van der Waals surface area contributed by atoms with Crippen LogP contribution in [0.15, 0.2) is 21.9 Å². The van der Waals surface area contributed by atoms with E-state index < -0.39 is 80.9 Å². The second-order valence-corrected chi connectivity index (χ2v) is 13.3. The lowest BCUT2D eigenvalue weighted by Gasteiger charge is -2.27. The highest BCUT2D eigenvalue weighted by Gasteiger charge is 2.28. The van der Waals surface area contributed by atoms with Gasteiger partial charge in [-0.2, -0.15) is 23.4 Å². The molecule has 23 heteroatoms. The Morgan fingerprint density at radius 3 is 2.00 bits per heavy atom. The smallest absolute Gasteiger partial charge is 0.397 e. The summed E-state index contributed by atoms with van der Waals surface area (Å²) >= 11 is 5.82. The molecular weight excluding hydrogens is 596 g/mol. The zero-order chi connectivity index (χ0) is 27.5. The van der Waals surface area contributed by atoms with E-state index in [4.69, 9.17) is 21.9 Å². The lowest BCUT2D eigenvalue weighted by atomic mass is 10.3. The van der Waals surface area contributed by atoms with Crippen molar-refractivity contribution in [2.75, 3.05) is 41.0 Å². The van der Waals surface area contributed by atoms with E-state index in [0.29, 0.717) is 6.07 Å². The molecule has 0 aliphatic heterocycles. The van der Waals surface area contributed by atoms with Crippen molar-refractivity contribution in [3.63, 3.8) is 0 Å². The average Bonchev–Trinajstić information content (AvgIpc) is 2.64. The largest absolute Gasteiger partial charge is 0.398 e. The van der Waals surface area contributed by atoms with Gasteiger partial charge in [0.05, 0.1) is 39.3 Å². The van der Waals surface area contributed by atoms with Gasteiger partial charge in [-0.3, -0.25) is 4.55 Å². The fourth-order valence-corrected chi connectivity index (χ4v) is 5.35. The molecule has 1 aromatic carbocycles. The molecule has 206 valence electrons. The number of aromatic nitrogens is 3. The molecule has 0 fully saturated rings. The Hall–Kier alpha value is -1.80. The van der Waals surface area contributed by atoms with Gasteiger partial charge >= 0.3 is 10.4 Å². The maximum Gasteiger partial charge on any atom is 0.397 e. The number of hydrogen-bond donors (Lipinski definition) is 10. The van der Waals surface area contributed by atoms with E-state index in [1.165, 1.54) is 0 Å². The van der Waals surface area contributed by atoms with Crippen LogP contribution in [0, 0.1) is 0 Å². The molecule has 0 saturated heterocycles. The third-order valence-corrected chi connectivity index (χ3v) is 8.00. The van der Waals surface area contributed by atoms with Crippen LogP contribution in [-0.2, 0) is 24.4 Å². The number of nitrogens with two attached hydrogens (primary N) is 1. The lowest BCUT2D eigenvalue weighted by Crippen LogP contribution is -2.22. The zero-order valence-corrected chi connectivity index (χ0v) is 21.6. The summed E-state index contributed by atoms with van der Waals surface area (Å²) in [7, 11) is -17.5. The van der Waals surface area contributed by atoms with E-state index in [1.807, 2.05) is 0 Å². The highest BCUT2D eigenvalue weighted by molar-refractivity contribution is 8.20. The number of nitrogens with zero attached hydrogens (tertiary/aromatic N) is 3. The second kappa shape index (κ2) is 11.3. The Balaban J connectivity index is 2.20. The van der Waals surface area contributed by atoms with Gasteiger partial charge in [0.15, 0.2) is 9.84 Å². The van der Waals surface area contributed by atoms with Gasteiger partial charge in [0.1, 0.15) is 21.7 Å². The fraction of sp³-hybridized carbons (Fsp3) is 0.308. The highest BCUT2D eigenvalue weighted by atomic mass is 35.5. The van der Waals surface area contributed by atoms with Crippen LogP contribution in [0.1, 0.15) is 0 Å². The molecule has 2 rings (SSSR count). The molecule has 0 aliphatic carbocycles. The molecule has 0 saturated carbocycles. The number of nitrogen functional groups attached to an aromatic ring is 1. The van der Waals surface area contributed by atoms with Crippen LogP contribution in [-0.4, -0.2) is 88.3 Å². The Morgan fingerprint density at radius 1 is 0.861 bits per heavy atom. The minimum absolute atomic E-state index is 0.256. The summed E-state index contributed by atoms with van der Waals surface area (Å²) < 4.78 is 115. The molecule has 0 amide bonds. The van der Waals surface area contributed by atoms with Crippen molar-refractivity contribution >= 4 is 76.9 Å². The third kappa shape index (κ3) is 9.58.